The van der Waals surface area contributed by atoms with E-state index in [1.165, 1.54) is 0 Å². The molecule has 1 aliphatic carbocycles. The number of pyridine rings is 1. The molecular formula is C25H34N8O2. The lowest BCUT2D eigenvalue weighted by atomic mass is 9.93. The number of ether oxygens (including phenoxy) is 1. The quantitative estimate of drug-likeness (QED) is 0.350. The van der Waals surface area contributed by atoms with E-state index in [2.05, 4.69) is 34.0 Å². The van der Waals surface area contributed by atoms with Crippen LogP contribution in [-0.4, -0.2) is 66.6 Å². The van der Waals surface area contributed by atoms with Crippen molar-refractivity contribution < 1.29 is 9.84 Å². The number of rotatable bonds is 8. The highest BCUT2D eigenvalue weighted by Crippen LogP contribution is 2.31. The van der Waals surface area contributed by atoms with Crippen LogP contribution >= 0.6 is 0 Å². The van der Waals surface area contributed by atoms with E-state index in [0.717, 1.165) is 65.3 Å². The molecule has 0 saturated heterocycles. The third-order valence-electron chi connectivity index (χ3n) is 6.71. The first-order chi connectivity index (χ1) is 17.0. The van der Waals surface area contributed by atoms with Crippen molar-refractivity contribution in [3.05, 3.63) is 30.2 Å². The Kier molecular flexibility index (Phi) is 6.57. The Hall–Kier alpha value is -3.24. The lowest BCUT2D eigenvalue weighted by molar-refractivity contribution is 0.00719. The number of aryl methyl sites for hydroxylation is 1. The maximum absolute atomic E-state index is 8.97. The molecule has 0 amide bonds. The van der Waals surface area contributed by atoms with Gasteiger partial charge in [-0.1, -0.05) is 0 Å². The van der Waals surface area contributed by atoms with Crippen LogP contribution in [0.5, 0.6) is 0 Å². The Bertz CT molecular complexity index is 1320. The smallest absolute Gasteiger partial charge is 0.243 e. The normalized spacial score (nSPS) is 18.6. The van der Waals surface area contributed by atoms with E-state index >= 15 is 0 Å². The highest BCUT2D eigenvalue weighted by atomic mass is 16.5. The van der Waals surface area contributed by atoms with Gasteiger partial charge in [-0.05, 0) is 64.7 Å². The minimum Gasteiger partial charge on any atom is -0.394 e. The highest BCUT2D eigenvalue weighted by Gasteiger charge is 2.23. The van der Waals surface area contributed by atoms with Crippen LogP contribution in [0.1, 0.15) is 51.4 Å². The van der Waals surface area contributed by atoms with Gasteiger partial charge in [0, 0.05) is 30.9 Å². The Morgan fingerprint density at radius 3 is 2.63 bits per heavy atom. The van der Waals surface area contributed by atoms with Crippen LogP contribution in [0, 0.1) is 6.92 Å². The number of hydrogen-bond acceptors (Lipinski definition) is 8. The second kappa shape index (κ2) is 9.79. The summed E-state index contributed by atoms with van der Waals surface area (Å²) in [6.07, 6.45) is 6.07. The monoisotopic (exact) mass is 478 g/mol. The number of nitrogens with zero attached hydrogens (tertiary/aromatic N) is 6. The summed E-state index contributed by atoms with van der Waals surface area (Å²) in [7, 11) is 1.88. The van der Waals surface area contributed by atoms with Crippen LogP contribution in [0.15, 0.2) is 24.4 Å². The molecule has 186 valence electrons. The zero-order valence-electron chi connectivity index (χ0n) is 20.8. The molecule has 0 aliphatic heterocycles. The molecule has 1 fully saturated rings. The van der Waals surface area contributed by atoms with Crippen molar-refractivity contribution >= 4 is 28.4 Å². The lowest BCUT2D eigenvalue weighted by Gasteiger charge is -2.29. The van der Waals surface area contributed by atoms with Crippen molar-refractivity contribution in [3.8, 4) is 11.3 Å². The van der Waals surface area contributed by atoms with Gasteiger partial charge in [-0.15, -0.1) is 5.10 Å². The van der Waals surface area contributed by atoms with Crippen LogP contribution in [0.4, 0.5) is 11.8 Å². The number of aliphatic hydroxyl groups is 1. The van der Waals surface area contributed by atoms with Crippen molar-refractivity contribution in [1.29, 1.82) is 0 Å². The van der Waals surface area contributed by atoms with Gasteiger partial charge < -0.3 is 25.0 Å². The van der Waals surface area contributed by atoms with Crippen LogP contribution < -0.4 is 10.6 Å². The maximum Gasteiger partial charge on any atom is 0.243 e. The van der Waals surface area contributed by atoms with E-state index < -0.39 is 0 Å². The predicted octanol–water partition coefficient (Wildman–Crippen LogP) is 3.80. The Balaban J connectivity index is 1.43. The minimum atomic E-state index is 0.0715. The molecule has 4 aromatic rings. The first kappa shape index (κ1) is 23.5. The first-order valence-corrected chi connectivity index (χ1v) is 12.4. The summed E-state index contributed by atoms with van der Waals surface area (Å²) in [4.78, 5) is 14.4. The van der Waals surface area contributed by atoms with Crippen molar-refractivity contribution in [1.82, 2.24) is 29.1 Å². The Morgan fingerprint density at radius 2 is 1.91 bits per heavy atom. The molecule has 0 atom stereocenters. The van der Waals surface area contributed by atoms with Crippen LogP contribution in [0.2, 0.25) is 0 Å². The fourth-order valence-electron chi connectivity index (χ4n) is 5.10. The molecule has 35 heavy (non-hydrogen) atoms. The third-order valence-corrected chi connectivity index (χ3v) is 6.71. The SMILES string of the molecule is CNc1nc(NC2CCC(OCCO)CC2)nn2ccc(-c3ccc4nc(C)n(C(C)C)c4n3)c12. The number of hydrogen-bond donors (Lipinski definition) is 3. The van der Waals surface area contributed by atoms with Gasteiger partial charge in [-0.25, -0.2) is 14.5 Å². The van der Waals surface area contributed by atoms with E-state index in [9.17, 15) is 0 Å². The van der Waals surface area contributed by atoms with E-state index in [1.54, 1.807) is 0 Å². The molecular weight excluding hydrogens is 444 g/mol. The van der Waals surface area contributed by atoms with Crippen LogP contribution in [0.3, 0.4) is 0 Å². The average Bonchev–Trinajstić information content (AvgIpc) is 3.42. The first-order valence-electron chi connectivity index (χ1n) is 12.4. The Morgan fingerprint density at radius 1 is 1.11 bits per heavy atom. The van der Waals surface area contributed by atoms with Gasteiger partial charge in [0.05, 0.1) is 25.0 Å². The summed E-state index contributed by atoms with van der Waals surface area (Å²) in [6, 6.07) is 6.65. The molecule has 1 aliphatic rings. The van der Waals surface area contributed by atoms with E-state index in [-0.39, 0.29) is 18.8 Å². The largest absolute Gasteiger partial charge is 0.394 e. The number of aliphatic hydroxyl groups excluding tert-OH is 1. The molecule has 4 aromatic heterocycles. The summed E-state index contributed by atoms with van der Waals surface area (Å²) in [5, 5.41) is 20.5. The molecule has 5 rings (SSSR count). The van der Waals surface area contributed by atoms with Crippen molar-refractivity contribution in [2.75, 3.05) is 30.9 Å². The van der Waals surface area contributed by atoms with E-state index in [4.69, 9.17) is 24.9 Å². The molecule has 10 heteroatoms. The standard InChI is InChI=1S/C25H34N8O2/c1-15(2)33-16(3)27-21-10-9-20(29-24(21)33)19-11-12-32-22(19)23(26-4)30-25(31-32)28-17-5-7-18(8-6-17)35-14-13-34/h9-12,15,17-18,34H,5-8,13-14H2,1-4H3,(H2,26,28,30,31). The van der Waals surface area contributed by atoms with Gasteiger partial charge in [0.2, 0.25) is 5.95 Å². The topological polar surface area (TPSA) is 114 Å². The average molecular weight is 479 g/mol. The summed E-state index contributed by atoms with van der Waals surface area (Å²) in [5.74, 6) is 2.31. The zero-order chi connectivity index (χ0) is 24.5. The van der Waals surface area contributed by atoms with Gasteiger partial charge >= 0.3 is 0 Å². The van der Waals surface area contributed by atoms with E-state index in [0.29, 0.717) is 18.6 Å². The zero-order valence-corrected chi connectivity index (χ0v) is 20.8. The molecule has 0 bridgehead atoms. The molecule has 0 radical (unpaired) electrons. The molecule has 0 aromatic carbocycles. The molecule has 4 heterocycles. The van der Waals surface area contributed by atoms with Crippen LogP contribution in [0.25, 0.3) is 27.9 Å². The molecule has 1 saturated carbocycles. The number of nitrogens with one attached hydrogen (secondary N) is 2. The van der Waals surface area contributed by atoms with Crippen molar-refractivity contribution in [2.24, 2.45) is 0 Å². The maximum atomic E-state index is 8.97. The third kappa shape index (κ3) is 4.55. The Labute approximate surface area is 204 Å². The van der Waals surface area contributed by atoms with Crippen molar-refractivity contribution in [2.45, 2.75) is 64.6 Å². The van der Waals surface area contributed by atoms with Gasteiger partial charge in [0.15, 0.2) is 11.5 Å². The fourth-order valence-corrected chi connectivity index (χ4v) is 5.10. The molecule has 0 unspecified atom stereocenters. The number of aromatic nitrogens is 6. The highest BCUT2D eigenvalue weighted by molar-refractivity contribution is 5.89. The second-order valence-corrected chi connectivity index (χ2v) is 9.43. The van der Waals surface area contributed by atoms with Crippen LogP contribution in [-0.2, 0) is 4.74 Å². The minimum absolute atomic E-state index is 0.0715. The summed E-state index contributed by atoms with van der Waals surface area (Å²) >= 11 is 0. The van der Waals surface area contributed by atoms with Gasteiger partial charge in [-0.3, -0.25) is 0 Å². The molecule has 10 nitrogen and oxygen atoms in total. The number of imidazole rings is 1. The van der Waals surface area contributed by atoms with Gasteiger partial charge in [0.1, 0.15) is 16.9 Å². The van der Waals surface area contributed by atoms with Gasteiger partial charge in [0.25, 0.3) is 0 Å². The van der Waals surface area contributed by atoms with Crippen molar-refractivity contribution in [3.63, 3.8) is 0 Å². The molecule has 0 spiro atoms. The summed E-state index contributed by atoms with van der Waals surface area (Å²) in [6.45, 7) is 6.79. The fraction of sp³-hybridized carbons (Fsp3) is 0.520. The number of fused-ring (bicyclic) bond motifs is 2. The van der Waals surface area contributed by atoms with E-state index in [1.807, 2.05) is 42.9 Å². The van der Waals surface area contributed by atoms with Gasteiger partial charge in [-0.2, -0.15) is 4.98 Å². The predicted molar refractivity (Wildman–Crippen MR) is 137 cm³/mol. The lowest BCUT2D eigenvalue weighted by Crippen LogP contribution is -2.31. The summed E-state index contributed by atoms with van der Waals surface area (Å²) < 4.78 is 9.71. The molecule has 3 N–H and O–H groups in total. The summed E-state index contributed by atoms with van der Waals surface area (Å²) in [5.41, 5.74) is 4.51. The second-order valence-electron chi connectivity index (χ2n) is 9.43. The number of anilines is 2.